The van der Waals surface area contributed by atoms with E-state index in [1.54, 1.807) is 0 Å². The Morgan fingerprint density at radius 3 is 1.86 bits per heavy atom. The first kappa shape index (κ1) is 6.47. The van der Waals surface area contributed by atoms with Crippen LogP contribution < -0.4 is 5.10 Å². The van der Waals surface area contributed by atoms with Gasteiger partial charge in [0, 0.05) is 0 Å². The fraction of sp³-hybridized carbons (Fsp3) is 0.800. The summed E-state index contributed by atoms with van der Waals surface area (Å²) in [5.74, 6) is 0. The Hall–Kier alpha value is -0.530. The molecule has 0 radical (unpaired) electrons. The maximum absolute atomic E-state index is 3.50. The highest BCUT2D eigenvalue weighted by molar-refractivity contribution is 5.11. The Labute approximate surface area is 44.8 Å². The molecule has 0 unspecified atom stereocenters. The molecule has 0 aliphatic carbocycles. The van der Waals surface area contributed by atoms with E-state index in [1.165, 1.54) is 0 Å². The largest absolute Gasteiger partial charge is 0.189 e. The zero-order chi connectivity index (χ0) is 5.70. The second-order valence-corrected chi connectivity index (χ2v) is 1.33. The molecule has 7 heavy (non-hydrogen) atoms. The zero-order valence-corrected chi connectivity index (χ0v) is 5.07. The molecule has 0 aliphatic heterocycles. The molecule has 1 N–H and O–H groups in total. The lowest BCUT2D eigenvalue weighted by Gasteiger charge is -2.04. The van der Waals surface area contributed by atoms with Gasteiger partial charge in [-0.05, 0) is 13.8 Å². The summed E-state index contributed by atoms with van der Waals surface area (Å²) in [7, 11) is 0. The predicted octanol–water partition coefficient (Wildman–Crippen LogP) is -0.976. The molecule has 42 valence electrons. The van der Waals surface area contributed by atoms with Crippen molar-refractivity contribution in [2.24, 2.45) is 0 Å². The Bertz CT molecular complexity index is 48.0. The normalized spacial score (nSPS) is 8.29. The van der Waals surface area contributed by atoms with Gasteiger partial charge in [0.15, 0.2) is 6.72 Å². The van der Waals surface area contributed by atoms with E-state index in [0.717, 1.165) is 13.1 Å². The van der Waals surface area contributed by atoms with Crippen LogP contribution in [0.2, 0.25) is 0 Å². The lowest BCUT2D eigenvalue weighted by molar-refractivity contribution is -0.636. The number of nitrogens with zero attached hydrogens (tertiary/aromatic N) is 1. The van der Waals surface area contributed by atoms with Crippen molar-refractivity contribution < 1.29 is 5.10 Å². The SMILES string of the molecule is C=[NH+]N(CC)CC. The molecular formula is C5H13N2+. The van der Waals surface area contributed by atoms with Gasteiger partial charge in [-0.2, -0.15) is 5.01 Å². The molecule has 0 aromatic carbocycles. The topological polar surface area (TPSA) is 17.2 Å². The second kappa shape index (κ2) is 3.65. The quantitative estimate of drug-likeness (QED) is 0.357. The molecule has 0 aromatic heterocycles. The highest BCUT2D eigenvalue weighted by atomic mass is 15.4. The average Bonchev–Trinajstić information content (AvgIpc) is 1.72. The van der Waals surface area contributed by atoms with Crippen LogP contribution >= 0.6 is 0 Å². The molecule has 0 heterocycles. The maximum Gasteiger partial charge on any atom is 0.155 e. The second-order valence-electron chi connectivity index (χ2n) is 1.33. The summed E-state index contributed by atoms with van der Waals surface area (Å²) in [6.07, 6.45) is 0. The summed E-state index contributed by atoms with van der Waals surface area (Å²) in [6, 6.07) is 0. The number of hydrogen-bond acceptors (Lipinski definition) is 1. The van der Waals surface area contributed by atoms with Crippen molar-refractivity contribution in [3.05, 3.63) is 0 Å². The summed E-state index contributed by atoms with van der Waals surface area (Å²) >= 11 is 0. The van der Waals surface area contributed by atoms with Crippen molar-refractivity contribution in [1.29, 1.82) is 0 Å². The summed E-state index contributed by atoms with van der Waals surface area (Å²) < 4.78 is 0. The Balaban J connectivity index is 3.16. The number of hydrazine groups is 1. The van der Waals surface area contributed by atoms with Crippen molar-refractivity contribution in [3.8, 4) is 0 Å². The fourth-order valence-electron chi connectivity index (χ4n) is 0.447. The van der Waals surface area contributed by atoms with Crippen molar-refractivity contribution in [2.75, 3.05) is 13.1 Å². The van der Waals surface area contributed by atoms with E-state index in [1.807, 2.05) is 5.01 Å². The third-order valence-electron chi connectivity index (χ3n) is 0.987. The Morgan fingerprint density at radius 1 is 1.43 bits per heavy atom. The van der Waals surface area contributed by atoms with Gasteiger partial charge in [0.1, 0.15) is 0 Å². The lowest BCUT2D eigenvalue weighted by atomic mass is 10.6. The van der Waals surface area contributed by atoms with Gasteiger partial charge in [-0.25, -0.2) is 0 Å². The van der Waals surface area contributed by atoms with Crippen LogP contribution in [-0.2, 0) is 0 Å². The van der Waals surface area contributed by atoms with Crippen molar-refractivity contribution in [2.45, 2.75) is 13.8 Å². The van der Waals surface area contributed by atoms with E-state index in [4.69, 9.17) is 0 Å². The summed E-state index contributed by atoms with van der Waals surface area (Å²) in [5, 5.41) is 4.80. The van der Waals surface area contributed by atoms with Crippen LogP contribution in [0.5, 0.6) is 0 Å². The van der Waals surface area contributed by atoms with Gasteiger partial charge in [-0.1, -0.05) is 0 Å². The van der Waals surface area contributed by atoms with Crippen LogP contribution in [0.1, 0.15) is 13.8 Å². The number of nitrogens with one attached hydrogen (secondary N) is 1. The van der Waals surface area contributed by atoms with Gasteiger partial charge in [0.25, 0.3) is 0 Å². The first-order valence-electron chi connectivity index (χ1n) is 2.62. The average molecular weight is 101 g/mol. The van der Waals surface area contributed by atoms with Crippen LogP contribution in [0.25, 0.3) is 0 Å². The summed E-state index contributed by atoms with van der Waals surface area (Å²) in [4.78, 5) is 0. The van der Waals surface area contributed by atoms with Crippen LogP contribution in [0.3, 0.4) is 0 Å². The molecule has 0 saturated heterocycles. The van der Waals surface area contributed by atoms with Crippen molar-refractivity contribution in [3.63, 3.8) is 0 Å². The van der Waals surface area contributed by atoms with E-state index in [9.17, 15) is 0 Å². The van der Waals surface area contributed by atoms with Gasteiger partial charge in [0.2, 0.25) is 0 Å². The third kappa shape index (κ3) is 2.20. The minimum atomic E-state index is 1.01. The number of hydrazone groups is 1. The van der Waals surface area contributed by atoms with E-state index >= 15 is 0 Å². The third-order valence-corrected chi connectivity index (χ3v) is 0.987. The first-order valence-corrected chi connectivity index (χ1v) is 2.62. The predicted molar refractivity (Wildman–Crippen MR) is 31.0 cm³/mol. The van der Waals surface area contributed by atoms with Crippen LogP contribution in [0.15, 0.2) is 0 Å². The highest BCUT2D eigenvalue weighted by Gasteiger charge is 1.90. The molecule has 2 nitrogen and oxygen atoms in total. The highest BCUT2D eigenvalue weighted by Crippen LogP contribution is 1.66. The maximum atomic E-state index is 3.50. The van der Waals surface area contributed by atoms with Crippen molar-refractivity contribution >= 4 is 6.72 Å². The lowest BCUT2D eigenvalue weighted by Crippen LogP contribution is -2.78. The molecule has 0 spiro atoms. The van der Waals surface area contributed by atoms with Crippen LogP contribution in [0, 0.1) is 0 Å². The molecule has 0 atom stereocenters. The van der Waals surface area contributed by atoms with Gasteiger partial charge in [-0.15, -0.1) is 5.10 Å². The smallest absolute Gasteiger partial charge is 0.155 e. The molecule has 0 aliphatic rings. The molecule has 0 aromatic rings. The van der Waals surface area contributed by atoms with Gasteiger partial charge >= 0.3 is 0 Å². The van der Waals surface area contributed by atoms with Gasteiger partial charge in [-0.3, -0.25) is 0 Å². The summed E-state index contributed by atoms with van der Waals surface area (Å²) in [5.41, 5.74) is 0. The number of rotatable bonds is 3. The fourth-order valence-corrected chi connectivity index (χ4v) is 0.447. The molecule has 0 bridgehead atoms. The minimum Gasteiger partial charge on any atom is -0.189 e. The monoisotopic (exact) mass is 101 g/mol. The van der Waals surface area contributed by atoms with Crippen LogP contribution in [-0.4, -0.2) is 24.8 Å². The van der Waals surface area contributed by atoms with Crippen molar-refractivity contribution in [1.82, 2.24) is 5.01 Å². The van der Waals surface area contributed by atoms with E-state index in [-0.39, 0.29) is 0 Å². The molecule has 0 fully saturated rings. The minimum absolute atomic E-state index is 1.01. The summed E-state index contributed by atoms with van der Waals surface area (Å²) in [6.45, 7) is 9.70. The standard InChI is InChI=1S/C5H12N2/c1-4-7(5-2)6-3/h3-5H2,1-2H3/p+1. The Kier molecular flexibility index (Phi) is 3.38. The molecule has 0 rings (SSSR count). The van der Waals surface area contributed by atoms with Crippen LogP contribution in [0.4, 0.5) is 0 Å². The van der Waals surface area contributed by atoms with E-state index in [0.29, 0.717) is 0 Å². The van der Waals surface area contributed by atoms with E-state index in [2.05, 4.69) is 25.7 Å². The van der Waals surface area contributed by atoms with E-state index < -0.39 is 0 Å². The molecular weight excluding hydrogens is 88.1 g/mol. The zero-order valence-electron chi connectivity index (χ0n) is 5.07. The molecule has 0 amide bonds. The first-order chi connectivity index (χ1) is 3.35. The molecule has 0 saturated carbocycles. The molecule has 2 heteroatoms. The van der Waals surface area contributed by atoms with Gasteiger partial charge < -0.3 is 0 Å². The number of hydrogen-bond donors (Lipinski definition) is 1. The Morgan fingerprint density at radius 2 is 1.86 bits per heavy atom. The van der Waals surface area contributed by atoms with Gasteiger partial charge in [0.05, 0.1) is 13.1 Å².